The Balaban J connectivity index is 1.95. The molecule has 1 saturated heterocycles. The van der Waals surface area contributed by atoms with Crippen LogP contribution in [0.3, 0.4) is 0 Å². The molecule has 2 rings (SSSR count). The molecule has 0 atom stereocenters. The van der Waals surface area contributed by atoms with Gasteiger partial charge in [-0.25, -0.2) is 0 Å². The van der Waals surface area contributed by atoms with Crippen molar-refractivity contribution in [2.45, 2.75) is 19.4 Å². The van der Waals surface area contributed by atoms with E-state index in [2.05, 4.69) is 0 Å². The maximum atomic E-state index is 11.1. The molecule has 0 saturated carbocycles. The summed E-state index contributed by atoms with van der Waals surface area (Å²) in [6.07, 6.45) is 1.32. The number of rotatable bonds is 3. The summed E-state index contributed by atoms with van der Waals surface area (Å²) in [7, 11) is 0. The largest absolute Gasteiger partial charge is 0.545 e. The number of carboxylic acid groups (broad SMARTS) is 1. The number of carbonyl (C=O) groups is 2. The predicted octanol–water partition coefficient (Wildman–Crippen LogP) is -1.20. The van der Waals surface area contributed by atoms with Crippen LogP contribution in [0.4, 0.5) is 0 Å². The van der Waals surface area contributed by atoms with E-state index in [-0.39, 0.29) is 5.56 Å². The number of Topliss-reactive ketones (excluding diaryl/α,β-unsaturated/α-hetero) is 1. The third-order valence-electron chi connectivity index (χ3n) is 3.16. The van der Waals surface area contributed by atoms with Crippen molar-refractivity contribution in [2.75, 3.05) is 13.1 Å². The van der Waals surface area contributed by atoms with Gasteiger partial charge in [0, 0.05) is 5.56 Å². The zero-order chi connectivity index (χ0) is 12.3. The minimum atomic E-state index is -1.15. The number of carboxylic acids is 1. The van der Waals surface area contributed by atoms with Crippen LogP contribution in [0.2, 0.25) is 0 Å². The van der Waals surface area contributed by atoms with Crippen molar-refractivity contribution in [3.63, 3.8) is 0 Å². The molecule has 1 aromatic carbocycles. The van der Waals surface area contributed by atoms with Crippen molar-refractivity contribution in [3.8, 4) is 0 Å². The van der Waals surface area contributed by atoms with Crippen molar-refractivity contribution in [2.24, 2.45) is 0 Å². The highest BCUT2D eigenvalue weighted by Gasteiger charge is 2.19. The van der Waals surface area contributed by atoms with Gasteiger partial charge in [0.2, 0.25) is 0 Å². The highest BCUT2D eigenvalue weighted by atomic mass is 16.4. The van der Waals surface area contributed by atoms with Gasteiger partial charge in [0.25, 0.3) is 0 Å². The van der Waals surface area contributed by atoms with E-state index in [1.54, 1.807) is 12.1 Å². The average molecular weight is 233 g/mol. The first-order valence-corrected chi connectivity index (χ1v) is 5.81. The molecule has 0 amide bonds. The topological polar surface area (TPSA) is 61.6 Å². The number of nitrogens with one attached hydrogen (secondary N) is 1. The molecule has 4 heteroatoms. The zero-order valence-corrected chi connectivity index (χ0v) is 9.57. The van der Waals surface area contributed by atoms with Gasteiger partial charge in [-0.3, -0.25) is 4.79 Å². The fourth-order valence-corrected chi connectivity index (χ4v) is 2.11. The van der Waals surface area contributed by atoms with Crippen LogP contribution in [-0.4, -0.2) is 24.8 Å². The summed E-state index contributed by atoms with van der Waals surface area (Å²) in [4.78, 5) is 23.1. The number of piperidine rings is 1. The lowest BCUT2D eigenvalue weighted by Crippen LogP contribution is -3.11. The maximum absolute atomic E-state index is 11.1. The zero-order valence-electron chi connectivity index (χ0n) is 9.57. The molecule has 0 bridgehead atoms. The Morgan fingerprint density at radius 2 is 1.76 bits per heavy atom. The number of quaternary nitrogens is 1. The molecule has 0 aromatic heterocycles. The van der Waals surface area contributed by atoms with Gasteiger partial charge in [0.15, 0.2) is 0 Å². The second-order valence-corrected chi connectivity index (χ2v) is 4.45. The van der Waals surface area contributed by atoms with Crippen molar-refractivity contribution in [3.05, 3.63) is 35.4 Å². The van der Waals surface area contributed by atoms with Gasteiger partial charge in [-0.1, -0.05) is 24.3 Å². The summed E-state index contributed by atoms with van der Waals surface area (Å²) in [6.45, 7) is 2.60. The molecule has 1 aliphatic heterocycles. The van der Waals surface area contributed by atoms with Crippen molar-refractivity contribution >= 4 is 11.8 Å². The third-order valence-corrected chi connectivity index (χ3v) is 3.16. The number of hydrogen-bond donors (Lipinski definition) is 1. The standard InChI is InChI=1S/C13H15NO3/c15-12-5-7-14(8-6-12)9-10-1-3-11(4-2-10)13(16)17/h1-4H,5-9H2,(H,16,17). The highest BCUT2D eigenvalue weighted by molar-refractivity contribution is 5.85. The fraction of sp³-hybridized carbons (Fsp3) is 0.385. The van der Waals surface area contributed by atoms with Crippen LogP contribution < -0.4 is 10.0 Å². The minimum Gasteiger partial charge on any atom is -0.545 e. The molecule has 90 valence electrons. The number of ketones is 1. The first-order chi connectivity index (χ1) is 8.15. The van der Waals surface area contributed by atoms with Crippen molar-refractivity contribution < 1.29 is 19.6 Å². The molecule has 1 aliphatic rings. The van der Waals surface area contributed by atoms with E-state index in [0.717, 1.165) is 25.2 Å². The molecular formula is C13H15NO3. The van der Waals surface area contributed by atoms with Gasteiger partial charge in [0.1, 0.15) is 12.3 Å². The average Bonchev–Trinajstić information content (AvgIpc) is 2.33. The first-order valence-electron chi connectivity index (χ1n) is 5.81. The van der Waals surface area contributed by atoms with Crippen LogP contribution in [0, 0.1) is 0 Å². The van der Waals surface area contributed by atoms with Crippen LogP contribution in [0.25, 0.3) is 0 Å². The molecule has 1 heterocycles. The Morgan fingerprint density at radius 3 is 2.29 bits per heavy atom. The molecule has 4 nitrogen and oxygen atoms in total. The molecule has 0 radical (unpaired) electrons. The van der Waals surface area contributed by atoms with Gasteiger partial charge in [-0.2, -0.15) is 0 Å². The van der Waals surface area contributed by atoms with Gasteiger partial charge >= 0.3 is 0 Å². The molecule has 0 unspecified atom stereocenters. The molecule has 1 N–H and O–H groups in total. The third kappa shape index (κ3) is 3.14. The van der Waals surface area contributed by atoms with Crippen LogP contribution in [-0.2, 0) is 11.3 Å². The molecule has 1 fully saturated rings. The summed E-state index contributed by atoms with van der Waals surface area (Å²) in [5.74, 6) is -0.798. The van der Waals surface area contributed by atoms with Crippen LogP contribution in [0.5, 0.6) is 0 Å². The summed E-state index contributed by atoms with van der Waals surface area (Å²) >= 11 is 0. The molecule has 1 aromatic rings. The van der Waals surface area contributed by atoms with E-state index in [1.807, 2.05) is 12.1 Å². The highest BCUT2D eigenvalue weighted by Crippen LogP contribution is 2.03. The number of likely N-dealkylation sites (tertiary alicyclic amines) is 1. The molecule has 0 spiro atoms. The minimum absolute atomic E-state index is 0.206. The van der Waals surface area contributed by atoms with E-state index in [9.17, 15) is 14.7 Å². The number of hydrogen-bond acceptors (Lipinski definition) is 3. The number of carbonyl (C=O) groups excluding carboxylic acids is 2. The number of aromatic carboxylic acids is 1. The molecule has 0 aliphatic carbocycles. The van der Waals surface area contributed by atoms with Crippen molar-refractivity contribution in [1.29, 1.82) is 0 Å². The normalized spacial score (nSPS) is 17.1. The lowest BCUT2D eigenvalue weighted by molar-refractivity contribution is -0.915. The lowest BCUT2D eigenvalue weighted by Gasteiger charge is -2.22. The summed E-state index contributed by atoms with van der Waals surface area (Å²) in [6, 6.07) is 6.77. The van der Waals surface area contributed by atoms with Gasteiger partial charge < -0.3 is 14.8 Å². The Morgan fingerprint density at radius 1 is 1.18 bits per heavy atom. The van der Waals surface area contributed by atoms with E-state index in [1.165, 1.54) is 4.90 Å². The molecule has 17 heavy (non-hydrogen) atoms. The maximum Gasteiger partial charge on any atom is 0.144 e. The summed E-state index contributed by atoms with van der Waals surface area (Å²) in [5, 5.41) is 10.6. The van der Waals surface area contributed by atoms with E-state index >= 15 is 0 Å². The van der Waals surface area contributed by atoms with Gasteiger partial charge in [-0.05, 0) is 5.56 Å². The van der Waals surface area contributed by atoms with Crippen molar-refractivity contribution in [1.82, 2.24) is 0 Å². The van der Waals surface area contributed by atoms with Crippen LogP contribution in [0.15, 0.2) is 24.3 Å². The first kappa shape index (κ1) is 11.8. The Labute approximate surface area is 99.9 Å². The Kier molecular flexibility index (Phi) is 3.54. The SMILES string of the molecule is O=C1CC[NH+](Cc2ccc(C(=O)[O-])cc2)CC1. The Bertz CT molecular complexity index is 415. The fourth-order valence-electron chi connectivity index (χ4n) is 2.11. The van der Waals surface area contributed by atoms with E-state index < -0.39 is 5.97 Å². The van der Waals surface area contributed by atoms with E-state index in [0.29, 0.717) is 18.6 Å². The quantitative estimate of drug-likeness (QED) is 0.713. The van der Waals surface area contributed by atoms with E-state index in [4.69, 9.17) is 0 Å². The van der Waals surface area contributed by atoms with Gasteiger partial charge in [-0.15, -0.1) is 0 Å². The smallest absolute Gasteiger partial charge is 0.144 e. The summed E-state index contributed by atoms with van der Waals surface area (Å²) < 4.78 is 0. The summed E-state index contributed by atoms with van der Waals surface area (Å²) in [5.41, 5.74) is 1.30. The lowest BCUT2D eigenvalue weighted by atomic mass is 10.1. The molecular weight excluding hydrogens is 218 g/mol. The van der Waals surface area contributed by atoms with Gasteiger partial charge in [0.05, 0.1) is 31.9 Å². The second-order valence-electron chi connectivity index (χ2n) is 4.45. The van der Waals surface area contributed by atoms with Crippen LogP contribution in [0.1, 0.15) is 28.8 Å². The monoisotopic (exact) mass is 233 g/mol. The number of benzene rings is 1. The second kappa shape index (κ2) is 5.10. The predicted molar refractivity (Wildman–Crippen MR) is 59.4 cm³/mol. The Hall–Kier alpha value is -1.68. The van der Waals surface area contributed by atoms with Crippen LogP contribution >= 0.6 is 0 Å².